The van der Waals surface area contributed by atoms with Gasteiger partial charge in [-0.25, -0.2) is 13.5 Å². The summed E-state index contributed by atoms with van der Waals surface area (Å²) in [6.45, 7) is 9.19. The van der Waals surface area contributed by atoms with Crippen LogP contribution in [0.1, 0.15) is 17.0 Å². The maximum atomic E-state index is 14.0. The van der Waals surface area contributed by atoms with Crippen LogP contribution >= 0.6 is 0 Å². The van der Waals surface area contributed by atoms with Crippen molar-refractivity contribution >= 4 is 0 Å². The molecule has 1 aromatic carbocycles. The largest absolute Gasteiger partial charge is 0.395 e. The molecule has 0 spiro atoms. The molecule has 0 amide bonds. The van der Waals surface area contributed by atoms with Crippen molar-refractivity contribution in [2.24, 2.45) is 0 Å². The Hall–Kier alpha value is -2.05. The lowest BCUT2D eigenvalue weighted by Gasteiger charge is -2.19. The Balaban J connectivity index is 2.37. The van der Waals surface area contributed by atoms with E-state index in [0.29, 0.717) is 19.6 Å². The molecule has 0 bridgehead atoms. The molecule has 0 radical (unpaired) electrons. The van der Waals surface area contributed by atoms with Crippen LogP contribution < -0.4 is 0 Å². The number of hydrogen-bond donors (Lipinski definition) is 1. The summed E-state index contributed by atoms with van der Waals surface area (Å²) in [5.41, 5.74) is 2.75. The SMILES string of the molecule is C=CCN(CCO)Cc1c(C)nn(-c2ccc(F)cc2F)c1C. The Kier molecular flexibility index (Phi) is 5.63. The van der Waals surface area contributed by atoms with E-state index in [4.69, 9.17) is 5.11 Å². The molecule has 4 nitrogen and oxygen atoms in total. The molecule has 0 aliphatic rings. The first-order valence-corrected chi connectivity index (χ1v) is 7.42. The van der Waals surface area contributed by atoms with Gasteiger partial charge in [-0.1, -0.05) is 6.08 Å². The fourth-order valence-electron chi connectivity index (χ4n) is 2.57. The third-order valence-electron chi connectivity index (χ3n) is 3.76. The number of aromatic nitrogens is 2. The van der Waals surface area contributed by atoms with Crippen LogP contribution in [0, 0.1) is 25.5 Å². The lowest BCUT2D eigenvalue weighted by atomic mass is 10.1. The molecule has 6 heteroatoms. The van der Waals surface area contributed by atoms with Gasteiger partial charge in [0.15, 0.2) is 5.82 Å². The molecule has 0 atom stereocenters. The molecule has 1 aromatic heterocycles. The van der Waals surface area contributed by atoms with Crippen molar-refractivity contribution in [2.75, 3.05) is 19.7 Å². The van der Waals surface area contributed by atoms with Crippen molar-refractivity contribution in [2.45, 2.75) is 20.4 Å². The summed E-state index contributed by atoms with van der Waals surface area (Å²) in [5.74, 6) is -1.27. The van der Waals surface area contributed by atoms with Crippen LogP contribution in [0.2, 0.25) is 0 Å². The molecule has 0 saturated heterocycles. The number of nitrogens with zero attached hydrogens (tertiary/aromatic N) is 3. The maximum Gasteiger partial charge on any atom is 0.151 e. The van der Waals surface area contributed by atoms with Gasteiger partial charge < -0.3 is 5.11 Å². The fourth-order valence-corrected chi connectivity index (χ4v) is 2.57. The van der Waals surface area contributed by atoms with E-state index in [1.807, 2.05) is 18.7 Å². The summed E-state index contributed by atoms with van der Waals surface area (Å²) in [6.07, 6.45) is 1.77. The van der Waals surface area contributed by atoms with Crippen molar-refractivity contribution in [1.82, 2.24) is 14.7 Å². The minimum Gasteiger partial charge on any atom is -0.395 e. The van der Waals surface area contributed by atoms with E-state index in [1.54, 1.807) is 6.08 Å². The third kappa shape index (κ3) is 3.83. The van der Waals surface area contributed by atoms with Crippen LogP contribution in [-0.2, 0) is 6.54 Å². The molecule has 0 aliphatic heterocycles. The number of benzene rings is 1. The number of aryl methyl sites for hydroxylation is 1. The predicted molar refractivity (Wildman–Crippen MR) is 85.5 cm³/mol. The van der Waals surface area contributed by atoms with Gasteiger partial charge in [0, 0.05) is 37.0 Å². The molecular weight excluding hydrogens is 300 g/mol. The van der Waals surface area contributed by atoms with Gasteiger partial charge in [0.2, 0.25) is 0 Å². The second-order valence-corrected chi connectivity index (χ2v) is 5.40. The summed E-state index contributed by atoms with van der Waals surface area (Å²) >= 11 is 0. The highest BCUT2D eigenvalue weighted by Crippen LogP contribution is 2.22. The standard InChI is InChI=1S/C17H21F2N3O/c1-4-7-21(8-9-23)11-15-12(2)20-22(13(15)3)17-6-5-14(18)10-16(17)19/h4-6,10,23H,1,7-9,11H2,2-3H3. The van der Waals surface area contributed by atoms with Gasteiger partial charge in [0.05, 0.1) is 12.3 Å². The zero-order chi connectivity index (χ0) is 17.0. The van der Waals surface area contributed by atoms with Crippen molar-refractivity contribution in [3.05, 3.63) is 59.4 Å². The Labute approximate surface area is 134 Å². The average molecular weight is 321 g/mol. The first-order chi connectivity index (χ1) is 11.0. The predicted octanol–water partition coefficient (Wildman–Crippen LogP) is 2.75. The minimum absolute atomic E-state index is 0.0483. The Morgan fingerprint density at radius 2 is 2.09 bits per heavy atom. The van der Waals surface area contributed by atoms with E-state index in [2.05, 4.69) is 11.7 Å². The topological polar surface area (TPSA) is 41.3 Å². The molecule has 1 N–H and O–H groups in total. The number of hydrogen-bond acceptors (Lipinski definition) is 3. The molecule has 2 aromatic rings. The highest BCUT2D eigenvalue weighted by molar-refractivity contribution is 5.38. The number of aliphatic hydroxyl groups is 1. The van der Waals surface area contributed by atoms with Gasteiger partial charge in [0.1, 0.15) is 11.5 Å². The summed E-state index contributed by atoms with van der Waals surface area (Å²) < 4.78 is 28.6. The molecule has 0 unspecified atom stereocenters. The lowest BCUT2D eigenvalue weighted by Crippen LogP contribution is -2.27. The fraction of sp³-hybridized carbons (Fsp3) is 0.353. The Morgan fingerprint density at radius 3 is 2.70 bits per heavy atom. The Bertz CT molecular complexity index is 697. The van der Waals surface area contributed by atoms with Gasteiger partial charge in [-0.3, -0.25) is 4.90 Å². The summed E-state index contributed by atoms with van der Waals surface area (Å²) in [5, 5.41) is 13.5. The zero-order valence-electron chi connectivity index (χ0n) is 13.4. The van der Waals surface area contributed by atoms with E-state index in [-0.39, 0.29) is 12.3 Å². The minimum atomic E-state index is -0.652. The second kappa shape index (κ2) is 7.48. The zero-order valence-corrected chi connectivity index (χ0v) is 13.4. The molecule has 0 saturated carbocycles. The summed E-state index contributed by atoms with van der Waals surface area (Å²) in [7, 11) is 0. The van der Waals surface area contributed by atoms with Crippen LogP contribution in [0.3, 0.4) is 0 Å². The number of halogens is 2. The van der Waals surface area contributed by atoms with Crippen molar-refractivity contribution in [1.29, 1.82) is 0 Å². The van der Waals surface area contributed by atoms with Gasteiger partial charge in [-0.15, -0.1) is 6.58 Å². The van der Waals surface area contributed by atoms with Crippen molar-refractivity contribution in [3.63, 3.8) is 0 Å². The molecule has 0 fully saturated rings. The van der Waals surface area contributed by atoms with Gasteiger partial charge in [0.25, 0.3) is 0 Å². The van der Waals surface area contributed by atoms with Gasteiger partial charge >= 0.3 is 0 Å². The average Bonchev–Trinajstić information content (AvgIpc) is 2.76. The maximum absolute atomic E-state index is 14.0. The Morgan fingerprint density at radius 1 is 1.35 bits per heavy atom. The quantitative estimate of drug-likeness (QED) is 0.797. The van der Waals surface area contributed by atoms with Crippen LogP contribution in [0.4, 0.5) is 8.78 Å². The van der Waals surface area contributed by atoms with Crippen LogP contribution in [-0.4, -0.2) is 39.5 Å². The number of rotatable bonds is 7. The lowest BCUT2D eigenvalue weighted by molar-refractivity contribution is 0.203. The van der Waals surface area contributed by atoms with E-state index in [9.17, 15) is 8.78 Å². The van der Waals surface area contributed by atoms with Crippen molar-refractivity contribution in [3.8, 4) is 5.69 Å². The molecule has 1 heterocycles. The molecule has 124 valence electrons. The van der Waals surface area contributed by atoms with E-state index in [1.165, 1.54) is 16.8 Å². The second-order valence-electron chi connectivity index (χ2n) is 5.40. The highest BCUT2D eigenvalue weighted by Gasteiger charge is 2.17. The molecule has 2 rings (SSSR count). The van der Waals surface area contributed by atoms with E-state index in [0.717, 1.165) is 23.0 Å². The first-order valence-electron chi connectivity index (χ1n) is 7.42. The first kappa shape index (κ1) is 17.3. The highest BCUT2D eigenvalue weighted by atomic mass is 19.1. The van der Waals surface area contributed by atoms with Gasteiger partial charge in [-0.05, 0) is 26.0 Å². The smallest absolute Gasteiger partial charge is 0.151 e. The normalized spacial score (nSPS) is 11.2. The monoisotopic (exact) mass is 321 g/mol. The van der Waals surface area contributed by atoms with Crippen LogP contribution in [0.5, 0.6) is 0 Å². The summed E-state index contributed by atoms with van der Waals surface area (Å²) in [4.78, 5) is 2.02. The molecule has 0 aliphatic carbocycles. The van der Waals surface area contributed by atoms with E-state index >= 15 is 0 Å². The van der Waals surface area contributed by atoms with Gasteiger partial charge in [-0.2, -0.15) is 5.10 Å². The molecular formula is C17H21F2N3O. The molecule has 23 heavy (non-hydrogen) atoms. The third-order valence-corrected chi connectivity index (χ3v) is 3.76. The van der Waals surface area contributed by atoms with Crippen molar-refractivity contribution < 1.29 is 13.9 Å². The van der Waals surface area contributed by atoms with E-state index < -0.39 is 11.6 Å². The summed E-state index contributed by atoms with van der Waals surface area (Å²) in [6, 6.07) is 3.44. The number of aliphatic hydroxyl groups excluding tert-OH is 1. The van der Waals surface area contributed by atoms with Crippen LogP contribution in [0.15, 0.2) is 30.9 Å². The van der Waals surface area contributed by atoms with Crippen LogP contribution in [0.25, 0.3) is 5.69 Å².